The highest BCUT2D eigenvalue weighted by atomic mass is 16.5. The number of hydrogen-bond acceptors (Lipinski definition) is 6. The Morgan fingerprint density at radius 1 is 0.667 bits per heavy atom. The molecule has 3 rings (SSSR count). The summed E-state index contributed by atoms with van der Waals surface area (Å²) >= 11 is 0. The minimum atomic E-state index is -0.480. The molecule has 39 heavy (non-hydrogen) atoms. The Balaban J connectivity index is 1.46. The molecule has 0 amide bonds. The average Bonchev–Trinajstić information content (AvgIpc) is 2.93. The van der Waals surface area contributed by atoms with E-state index in [0.29, 0.717) is 36.3 Å². The second-order valence-corrected chi connectivity index (χ2v) is 9.05. The van der Waals surface area contributed by atoms with Gasteiger partial charge in [0, 0.05) is 30.1 Å². The molecule has 0 fully saturated rings. The molecule has 6 heteroatoms. The van der Waals surface area contributed by atoms with E-state index in [9.17, 15) is 14.4 Å². The molecule has 0 heterocycles. The SMILES string of the molecule is C=C(C)C(=O)OCCc1ccc(OC(=O)/C=C/c2ccc(-c3ccc(CCOC(=O)C(=C)C)cc3)cc2)cc1. The first kappa shape index (κ1) is 28.9. The highest BCUT2D eigenvalue weighted by Crippen LogP contribution is 2.21. The predicted molar refractivity (Wildman–Crippen MR) is 152 cm³/mol. The first-order valence-electron chi connectivity index (χ1n) is 12.5. The summed E-state index contributed by atoms with van der Waals surface area (Å²) < 4.78 is 15.6. The molecule has 0 aliphatic heterocycles. The molecule has 0 aliphatic rings. The lowest BCUT2D eigenvalue weighted by atomic mass is 10.0. The predicted octanol–water partition coefficient (Wildman–Crippen LogP) is 6.30. The van der Waals surface area contributed by atoms with Gasteiger partial charge in [-0.3, -0.25) is 0 Å². The molecule has 0 aliphatic carbocycles. The van der Waals surface area contributed by atoms with Crippen LogP contribution in [-0.2, 0) is 36.7 Å². The molecule has 0 N–H and O–H groups in total. The van der Waals surface area contributed by atoms with E-state index < -0.39 is 11.9 Å². The maximum absolute atomic E-state index is 12.2. The third-order valence-corrected chi connectivity index (χ3v) is 5.70. The normalized spacial score (nSPS) is 10.6. The van der Waals surface area contributed by atoms with Gasteiger partial charge in [-0.05, 0) is 59.9 Å². The van der Waals surface area contributed by atoms with E-state index in [1.807, 2.05) is 60.7 Å². The molecule has 0 unspecified atom stereocenters. The van der Waals surface area contributed by atoms with Crippen molar-refractivity contribution < 1.29 is 28.6 Å². The van der Waals surface area contributed by atoms with Crippen molar-refractivity contribution in [2.24, 2.45) is 0 Å². The average molecular weight is 525 g/mol. The number of rotatable bonds is 12. The van der Waals surface area contributed by atoms with E-state index in [2.05, 4.69) is 13.2 Å². The summed E-state index contributed by atoms with van der Waals surface area (Å²) in [5.41, 5.74) is 5.76. The van der Waals surface area contributed by atoms with Gasteiger partial charge in [0.2, 0.25) is 0 Å². The van der Waals surface area contributed by atoms with Crippen LogP contribution >= 0.6 is 0 Å². The summed E-state index contributed by atoms with van der Waals surface area (Å²) in [5, 5.41) is 0. The number of carbonyl (C=O) groups excluding carboxylic acids is 3. The van der Waals surface area contributed by atoms with E-state index in [-0.39, 0.29) is 12.6 Å². The fraction of sp³-hybridized carbons (Fsp3) is 0.182. The van der Waals surface area contributed by atoms with Gasteiger partial charge in [0.15, 0.2) is 0 Å². The number of ether oxygens (including phenoxy) is 3. The summed E-state index contributed by atoms with van der Waals surface area (Å²) in [6, 6.07) is 23.0. The highest BCUT2D eigenvalue weighted by molar-refractivity contribution is 5.89. The van der Waals surface area contributed by atoms with E-state index in [1.54, 1.807) is 32.1 Å². The molecule has 0 saturated carbocycles. The Morgan fingerprint density at radius 3 is 1.56 bits per heavy atom. The molecular formula is C33H32O6. The van der Waals surface area contributed by atoms with E-state index in [4.69, 9.17) is 14.2 Å². The van der Waals surface area contributed by atoms with Gasteiger partial charge in [0.1, 0.15) is 5.75 Å². The lowest BCUT2D eigenvalue weighted by Crippen LogP contribution is -2.08. The Labute approximate surface area is 229 Å². The number of carbonyl (C=O) groups is 3. The first-order chi connectivity index (χ1) is 18.7. The monoisotopic (exact) mass is 524 g/mol. The molecule has 0 bridgehead atoms. The molecule has 3 aromatic carbocycles. The van der Waals surface area contributed by atoms with Gasteiger partial charge in [-0.2, -0.15) is 0 Å². The molecule has 0 aromatic heterocycles. The second-order valence-electron chi connectivity index (χ2n) is 9.05. The molecule has 0 saturated heterocycles. The Kier molecular flexibility index (Phi) is 10.6. The third kappa shape index (κ3) is 9.59. The zero-order valence-corrected chi connectivity index (χ0v) is 22.3. The fourth-order valence-electron chi connectivity index (χ4n) is 3.46. The van der Waals surface area contributed by atoms with E-state index in [0.717, 1.165) is 27.8 Å². The van der Waals surface area contributed by atoms with Gasteiger partial charge in [0.05, 0.1) is 13.2 Å². The summed E-state index contributed by atoms with van der Waals surface area (Å²) in [7, 11) is 0. The van der Waals surface area contributed by atoms with Gasteiger partial charge in [0.25, 0.3) is 0 Å². The zero-order chi connectivity index (χ0) is 28.2. The molecule has 3 aromatic rings. The molecule has 0 spiro atoms. The van der Waals surface area contributed by atoms with Crippen LogP contribution in [0.4, 0.5) is 0 Å². The highest BCUT2D eigenvalue weighted by Gasteiger charge is 2.06. The lowest BCUT2D eigenvalue weighted by Gasteiger charge is -2.07. The second kappa shape index (κ2) is 14.3. The van der Waals surface area contributed by atoms with Crippen molar-refractivity contribution in [3.05, 3.63) is 120 Å². The minimum Gasteiger partial charge on any atom is -0.462 e. The first-order valence-corrected chi connectivity index (χ1v) is 12.5. The Hall–Kier alpha value is -4.71. The van der Waals surface area contributed by atoms with Crippen molar-refractivity contribution in [2.45, 2.75) is 26.7 Å². The van der Waals surface area contributed by atoms with Crippen LogP contribution in [-0.4, -0.2) is 31.1 Å². The van der Waals surface area contributed by atoms with Crippen LogP contribution in [0.1, 0.15) is 30.5 Å². The largest absolute Gasteiger partial charge is 0.462 e. The van der Waals surface area contributed by atoms with Crippen molar-refractivity contribution in [3.63, 3.8) is 0 Å². The lowest BCUT2D eigenvalue weighted by molar-refractivity contribution is -0.139. The van der Waals surface area contributed by atoms with Gasteiger partial charge in [-0.1, -0.05) is 73.8 Å². The topological polar surface area (TPSA) is 78.9 Å². The number of esters is 3. The molecule has 6 nitrogen and oxygen atoms in total. The molecule has 0 atom stereocenters. The van der Waals surface area contributed by atoms with Crippen molar-refractivity contribution >= 4 is 24.0 Å². The standard InChI is InChI=1S/C33H32O6/c1-23(2)32(35)37-21-19-26-7-14-29(15-8-26)28-12-5-25(6-13-28)11-18-31(34)39-30-16-9-27(10-17-30)20-22-38-33(36)24(3)4/h5-18H,1,3,19-22H2,2,4H3/b18-11+. The number of benzene rings is 3. The van der Waals surface area contributed by atoms with Crippen molar-refractivity contribution in [2.75, 3.05) is 13.2 Å². The van der Waals surface area contributed by atoms with Gasteiger partial charge < -0.3 is 14.2 Å². The molecule has 0 radical (unpaired) electrons. The number of hydrogen-bond donors (Lipinski definition) is 0. The van der Waals surface area contributed by atoms with Crippen LogP contribution in [0.15, 0.2) is 103 Å². The van der Waals surface area contributed by atoms with Crippen molar-refractivity contribution in [1.29, 1.82) is 0 Å². The summed E-state index contributed by atoms with van der Waals surface area (Å²) in [5.74, 6) is -0.833. The van der Waals surface area contributed by atoms with E-state index >= 15 is 0 Å². The van der Waals surface area contributed by atoms with Crippen LogP contribution in [0.3, 0.4) is 0 Å². The maximum Gasteiger partial charge on any atom is 0.336 e. The maximum atomic E-state index is 12.2. The quantitative estimate of drug-likeness (QED) is 0.157. The van der Waals surface area contributed by atoms with Crippen molar-refractivity contribution in [3.8, 4) is 16.9 Å². The molecular weight excluding hydrogens is 492 g/mol. The van der Waals surface area contributed by atoms with Crippen LogP contribution < -0.4 is 4.74 Å². The van der Waals surface area contributed by atoms with Gasteiger partial charge in [-0.15, -0.1) is 0 Å². The van der Waals surface area contributed by atoms with E-state index in [1.165, 1.54) is 6.08 Å². The molecule has 200 valence electrons. The Morgan fingerprint density at radius 2 is 1.10 bits per heavy atom. The zero-order valence-electron chi connectivity index (χ0n) is 22.3. The summed E-state index contributed by atoms with van der Waals surface area (Å²) in [4.78, 5) is 35.1. The summed E-state index contributed by atoms with van der Waals surface area (Å²) in [6.07, 6.45) is 4.28. The van der Waals surface area contributed by atoms with Crippen LogP contribution in [0.25, 0.3) is 17.2 Å². The van der Waals surface area contributed by atoms with Crippen LogP contribution in [0, 0.1) is 0 Å². The van der Waals surface area contributed by atoms with Crippen molar-refractivity contribution in [1.82, 2.24) is 0 Å². The Bertz CT molecular complexity index is 1350. The smallest absolute Gasteiger partial charge is 0.336 e. The third-order valence-electron chi connectivity index (χ3n) is 5.70. The van der Waals surface area contributed by atoms with Gasteiger partial charge in [-0.25, -0.2) is 14.4 Å². The van der Waals surface area contributed by atoms with Gasteiger partial charge >= 0.3 is 17.9 Å². The van der Waals surface area contributed by atoms with Crippen LogP contribution in [0.2, 0.25) is 0 Å². The fourth-order valence-corrected chi connectivity index (χ4v) is 3.46. The minimum absolute atomic E-state index is 0.256. The van der Waals surface area contributed by atoms with Crippen LogP contribution in [0.5, 0.6) is 5.75 Å². The summed E-state index contributed by atoms with van der Waals surface area (Å²) in [6.45, 7) is 10.9.